The first-order valence-corrected chi connectivity index (χ1v) is 8.38. The summed E-state index contributed by atoms with van der Waals surface area (Å²) in [6.45, 7) is 4.50. The van der Waals surface area contributed by atoms with Crippen LogP contribution in [0, 0.1) is 23.7 Å². The molecule has 1 N–H and O–H groups in total. The molecule has 2 aliphatic carbocycles. The molecular formula is C19H28O. The second-order valence-electron chi connectivity index (χ2n) is 7.53. The third-order valence-electron chi connectivity index (χ3n) is 5.42. The molecule has 0 spiro atoms. The zero-order valence-corrected chi connectivity index (χ0v) is 12.9. The fourth-order valence-electron chi connectivity index (χ4n) is 4.44. The smallest absolute Gasteiger partial charge is 0.0792 e. The van der Waals surface area contributed by atoms with Crippen LogP contribution in [0.1, 0.15) is 63.2 Å². The van der Waals surface area contributed by atoms with Gasteiger partial charge in [0.1, 0.15) is 0 Å². The zero-order chi connectivity index (χ0) is 14.1. The van der Waals surface area contributed by atoms with Crippen LogP contribution in [-0.4, -0.2) is 5.11 Å². The van der Waals surface area contributed by atoms with Crippen molar-refractivity contribution in [1.82, 2.24) is 0 Å². The van der Waals surface area contributed by atoms with Crippen LogP contribution in [0.15, 0.2) is 24.3 Å². The predicted molar refractivity (Wildman–Crippen MR) is 83.5 cm³/mol. The molecule has 2 bridgehead atoms. The summed E-state index contributed by atoms with van der Waals surface area (Å²) >= 11 is 0. The minimum Gasteiger partial charge on any atom is -0.388 e. The summed E-state index contributed by atoms with van der Waals surface area (Å²) in [5.74, 6) is 3.36. The van der Waals surface area contributed by atoms with Crippen molar-refractivity contribution in [1.29, 1.82) is 0 Å². The highest BCUT2D eigenvalue weighted by Crippen LogP contribution is 2.50. The van der Waals surface area contributed by atoms with Gasteiger partial charge in [0.25, 0.3) is 0 Å². The summed E-state index contributed by atoms with van der Waals surface area (Å²) in [4.78, 5) is 0. The number of aliphatic hydroxyl groups is 1. The van der Waals surface area contributed by atoms with Gasteiger partial charge in [-0.25, -0.2) is 0 Å². The standard InChI is InChI=1S/C19H28O/c1-13(2)9-14-3-6-16(7-4-14)19(20)12-18-11-15-5-8-17(18)10-15/h3-4,6-7,13,15,17-20H,5,8-12H2,1-2H3. The predicted octanol–water partition coefficient (Wildman–Crippen LogP) is 4.74. The Morgan fingerprint density at radius 2 is 1.85 bits per heavy atom. The molecule has 0 aliphatic heterocycles. The summed E-state index contributed by atoms with van der Waals surface area (Å²) in [6.07, 6.45) is 7.51. The van der Waals surface area contributed by atoms with Crippen LogP contribution in [0.4, 0.5) is 0 Å². The van der Waals surface area contributed by atoms with Gasteiger partial charge in [-0.3, -0.25) is 0 Å². The van der Waals surface area contributed by atoms with Gasteiger partial charge < -0.3 is 5.11 Å². The molecule has 4 atom stereocenters. The summed E-state index contributed by atoms with van der Waals surface area (Å²) in [6, 6.07) is 8.66. The van der Waals surface area contributed by atoms with Crippen LogP contribution >= 0.6 is 0 Å². The molecule has 1 nitrogen and oxygen atoms in total. The topological polar surface area (TPSA) is 20.2 Å². The van der Waals surface area contributed by atoms with Crippen molar-refractivity contribution < 1.29 is 5.11 Å². The maximum absolute atomic E-state index is 10.5. The van der Waals surface area contributed by atoms with Gasteiger partial charge in [-0.2, -0.15) is 0 Å². The van der Waals surface area contributed by atoms with Crippen LogP contribution in [0.25, 0.3) is 0 Å². The van der Waals surface area contributed by atoms with Crippen molar-refractivity contribution in [2.24, 2.45) is 23.7 Å². The third-order valence-corrected chi connectivity index (χ3v) is 5.42. The van der Waals surface area contributed by atoms with E-state index in [1.165, 1.54) is 31.2 Å². The molecule has 0 heterocycles. The van der Waals surface area contributed by atoms with E-state index < -0.39 is 0 Å². The van der Waals surface area contributed by atoms with Gasteiger partial charge in [0.15, 0.2) is 0 Å². The quantitative estimate of drug-likeness (QED) is 0.820. The van der Waals surface area contributed by atoms with Gasteiger partial charge in [-0.15, -0.1) is 0 Å². The van der Waals surface area contributed by atoms with Crippen LogP contribution in [0.2, 0.25) is 0 Å². The highest BCUT2D eigenvalue weighted by molar-refractivity contribution is 5.24. The lowest BCUT2D eigenvalue weighted by Crippen LogP contribution is -2.14. The molecule has 2 saturated carbocycles. The van der Waals surface area contributed by atoms with Crippen molar-refractivity contribution in [2.75, 3.05) is 0 Å². The average molecular weight is 272 g/mol. The highest BCUT2D eigenvalue weighted by Gasteiger charge is 2.40. The minimum atomic E-state index is -0.257. The first-order chi connectivity index (χ1) is 9.61. The lowest BCUT2D eigenvalue weighted by molar-refractivity contribution is 0.125. The van der Waals surface area contributed by atoms with E-state index in [9.17, 15) is 5.11 Å². The average Bonchev–Trinajstić information content (AvgIpc) is 3.01. The summed E-state index contributed by atoms with van der Waals surface area (Å²) < 4.78 is 0. The van der Waals surface area contributed by atoms with E-state index in [0.29, 0.717) is 5.92 Å². The maximum atomic E-state index is 10.5. The highest BCUT2D eigenvalue weighted by atomic mass is 16.3. The monoisotopic (exact) mass is 272 g/mol. The van der Waals surface area contributed by atoms with E-state index >= 15 is 0 Å². The van der Waals surface area contributed by atoms with Gasteiger partial charge in [-0.05, 0) is 66.9 Å². The Hall–Kier alpha value is -0.820. The van der Waals surface area contributed by atoms with E-state index in [1.807, 2.05) is 0 Å². The van der Waals surface area contributed by atoms with Crippen molar-refractivity contribution in [3.8, 4) is 0 Å². The molecular weight excluding hydrogens is 244 g/mol. The van der Waals surface area contributed by atoms with Gasteiger partial charge in [0.05, 0.1) is 6.10 Å². The van der Waals surface area contributed by atoms with Crippen LogP contribution in [0.3, 0.4) is 0 Å². The molecule has 110 valence electrons. The summed E-state index contributed by atoms with van der Waals surface area (Å²) in [7, 11) is 0. The Morgan fingerprint density at radius 3 is 2.40 bits per heavy atom. The molecule has 1 aromatic carbocycles. The zero-order valence-electron chi connectivity index (χ0n) is 12.9. The number of benzene rings is 1. The fraction of sp³-hybridized carbons (Fsp3) is 0.684. The van der Waals surface area contributed by atoms with E-state index in [-0.39, 0.29) is 6.10 Å². The van der Waals surface area contributed by atoms with Gasteiger partial charge in [0.2, 0.25) is 0 Å². The first kappa shape index (κ1) is 14.1. The molecule has 0 radical (unpaired) electrons. The molecule has 0 saturated heterocycles. The van der Waals surface area contributed by atoms with Gasteiger partial charge in [-0.1, -0.05) is 44.5 Å². The number of hydrogen-bond donors (Lipinski definition) is 1. The Labute approximate surface area is 123 Å². The molecule has 2 aliphatic rings. The summed E-state index contributed by atoms with van der Waals surface area (Å²) in [5.41, 5.74) is 2.50. The Bertz CT molecular complexity index is 434. The van der Waals surface area contributed by atoms with Crippen molar-refractivity contribution >= 4 is 0 Å². The molecule has 1 aromatic rings. The molecule has 2 fully saturated rings. The Morgan fingerprint density at radius 1 is 1.10 bits per heavy atom. The first-order valence-electron chi connectivity index (χ1n) is 8.38. The molecule has 20 heavy (non-hydrogen) atoms. The van der Waals surface area contributed by atoms with E-state index in [4.69, 9.17) is 0 Å². The van der Waals surface area contributed by atoms with Crippen LogP contribution in [-0.2, 0) is 6.42 Å². The lowest BCUT2D eigenvalue weighted by atomic mass is 9.83. The third kappa shape index (κ3) is 3.09. The second-order valence-corrected chi connectivity index (χ2v) is 7.53. The number of fused-ring (bicyclic) bond motifs is 2. The van der Waals surface area contributed by atoms with E-state index in [0.717, 1.165) is 36.2 Å². The normalized spacial score (nSPS) is 30.1. The van der Waals surface area contributed by atoms with Crippen LogP contribution < -0.4 is 0 Å². The molecule has 0 aromatic heterocycles. The minimum absolute atomic E-state index is 0.257. The van der Waals surface area contributed by atoms with Gasteiger partial charge >= 0.3 is 0 Å². The molecule has 0 amide bonds. The molecule has 4 unspecified atom stereocenters. The molecule has 1 heteroatoms. The molecule has 3 rings (SSSR count). The van der Waals surface area contributed by atoms with E-state index in [1.54, 1.807) is 0 Å². The Kier molecular flexibility index (Phi) is 4.16. The summed E-state index contributed by atoms with van der Waals surface area (Å²) in [5, 5.41) is 10.5. The van der Waals surface area contributed by atoms with Gasteiger partial charge in [0, 0.05) is 0 Å². The SMILES string of the molecule is CC(C)Cc1ccc(C(O)CC2CC3CCC2C3)cc1. The fourth-order valence-corrected chi connectivity index (χ4v) is 4.44. The van der Waals surface area contributed by atoms with Crippen molar-refractivity contribution in [3.63, 3.8) is 0 Å². The van der Waals surface area contributed by atoms with Crippen molar-refractivity contribution in [3.05, 3.63) is 35.4 Å². The van der Waals surface area contributed by atoms with Crippen LogP contribution in [0.5, 0.6) is 0 Å². The number of aliphatic hydroxyl groups excluding tert-OH is 1. The Balaban J connectivity index is 1.58. The number of rotatable bonds is 5. The largest absolute Gasteiger partial charge is 0.388 e. The number of hydrogen-bond acceptors (Lipinski definition) is 1. The maximum Gasteiger partial charge on any atom is 0.0792 e. The lowest BCUT2D eigenvalue weighted by Gasteiger charge is -2.24. The second kappa shape index (κ2) is 5.89. The van der Waals surface area contributed by atoms with Crippen molar-refractivity contribution in [2.45, 2.75) is 58.5 Å². The van der Waals surface area contributed by atoms with E-state index in [2.05, 4.69) is 38.1 Å².